The molecule has 1 heterocycles. The van der Waals surface area contributed by atoms with Gasteiger partial charge in [-0.1, -0.05) is 6.07 Å². The van der Waals surface area contributed by atoms with Crippen molar-refractivity contribution in [2.45, 2.75) is 12.8 Å². The van der Waals surface area contributed by atoms with Gasteiger partial charge in [-0.2, -0.15) is 15.8 Å². The topological polar surface area (TPSA) is 142 Å². The molecule has 0 fully saturated rings. The number of rotatable bonds is 7. The first kappa shape index (κ1) is 19.4. The summed E-state index contributed by atoms with van der Waals surface area (Å²) in [6.07, 6.45) is 0.571. The molecule has 2 rings (SSSR count). The number of ether oxygens (including phenoxy) is 2. The minimum Gasteiger partial charge on any atom is -0.493 e. The van der Waals surface area contributed by atoms with Crippen LogP contribution in [-0.4, -0.2) is 20.8 Å². The molecular formula is C19H19N6O2+. The van der Waals surface area contributed by atoms with E-state index < -0.39 is 0 Å². The largest absolute Gasteiger partial charge is 0.493 e. The molecule has 0 aliphatic rings. The summed E-state index contributed by atoms with van der Waals surface area (Å²) in [5.41, 5.74) is 7.55. The van der Waals surface area contributed by atoms with Crippen molar-refractivity contribution < 1.29 is 14.5 Å². The number of nitriles is 3. The van der Waals surface area contributed by atoms with Crippen LogP contribution in [0.5, 0.6) is 11.5 Å². The number of hydrogen-bond donors (Lipinski definition) is 2. The maximum Gasteiger partial charge on any atom is 0.237 e. The lowest BCUT2D eigenvalue weighted by Crippen LogP contribution is -2.23. The summed E-state index contributed by atoms with van der Waals surface area (Å²) in [7, 11) is 3.15. The number of nitrogen functional groups attached to an aromatic ring is 1. The van der Waals surface area contributed by atoms with Crippen LogP contribution in [0.15, 0.2) is 18.2 Å². The van der Waals surface area contributed by atoms with Crippen molar-refractivity contribution in [3.05, 3.63) is 40.5 Å². The summed E-state index contributed by atoms with van der Waals surface area (Å²) in [6, 6.07) is 11.6. The lowest BCUT2D eigenvalue weighted by atomic mass is 10.0. The van der Waals surface area contributed by atoms with Crippen LogP contribution in [0.3, 0.4) is 0 Å². The number of nitrogens with one attached hydrogen (secondary N) is 2. The van der Waals surface area contributed by atoms with Crippen LogP contribution >= 0.6 is 0 Å². The number of nitrogens with zero attached hydrogens (tertiary/aromatic N) is 3. The molecule has 0 saturated carbocycles. The fraction of sp³-hybridized carbons (Fsp3) is 0.263. The summed E-state index contributed by atoms with van der Waals surface area (Å²) in [5.74, 6) is 1.80. The molecule has 27 heavy (non-hydrogen) atoms. The molecule has 0 spiro atoms. The quantitative estimate of drug-likeness (QED) is 0.760. The van der Waals surface area contributed by atoms with Gasteiger partial charge in [-0.25, -0.2) is 4.98 Å². The third-order valence-electron chi connectivity index (χ3n) is 4.03. The van der Waals surface area contributed by atoms with Crippen LogP contribution in [0.2, 0.25) is 0 Å². The number of H-pyrrole nitrogens is 1. The smallest absolute Gasteiger partial charge is 0.237 e. The Morgan fingerprint density at radius 2 is 1.78 bits per heavy atom. The van der Waals surface area contributed by atoms with Gasteiger partial charge in [0, 0.05) is 12.0 Å². The van der Waals surface area contributed by atoms with E-state index in [1.807, 2.05) is 36.4 Å². The number of hydrogen-bond acceptors (Lipinski definition) is 7. The summed E-state index contributed by atoms with van der Waals surface area (Å²) >= 11 is 0. The first-order valence-electron chi connectivity index (χ1n) is 8.09. The Hall–Kier alpha value is -3.96. The Morgan fingerprint density at radius 3 is 2.37 bits per heavy atom. The predicted octanol–water partition coefficient (Wildman–Crippen LogP) is 1.56. The van der Waals surface area contributed by atoms with Gasteiger partial charge < -0.3 is 20.5 Å². The van der Waals surface area contributed by atoms with Crippen molar-refractivity contribution in [2.24, 2.45) is 0 Å². The second-order valence-electron chi connectivity index (χ2n) is 5.57. The first-order valence-corrected chi connectivity index (χ1v) is 8.09. The van der Waals surface area contributed by atoms with E-state index in [4.69, 9.17) is 20.5 Å². The maximum absolute atomic E-state index is 9.48. The minimum absolute atomic E-state index is 0.0744. The van der Waals surface area contributed by atoms with Crippen molar-refractivity contribution in [1.82, 2.24) is 0 Å². The lowest BCUT2D eigenvalue weighted by molar-refractivity contribution is -0.343. The standard InChI is InChI=1S/C19H18N6O2/c1-26-16-4-3-12(9-17(16)27-2)6-8-24-19-15(11-22)13(5-7-20)14(10-21)18(23)25-19/h3-4,9H,5-6,8H2,1-2H3,(H3,23,24,25)/p+1. The van der Waals surface area contributed by atoms with Gasteiger partial charge >= 0.3 is 0 Å². The van der Waals surface area contributed by atoms with Gasteiger partial charge in [0.05, 0.1) is 33.3 Å². The van der Waals surface area contributed by atoms with E-state index in [-0.39, 0.29) is 23.4 Å². The zero-order valence-corrected chi connectivity index (χ0v) is 15.1. The van der Waals surface area contributed by atoms with E-state index in [0.29, 0.717) is 35.8 Å². The van der Waals surface area contributed by atoms with Gasteiger partial charge in [0.1, 0.15) is 23.3 Å². The van der Waals surface area contributed by atoms with E-state index in [0.717, 1.165) is 5.56 Å². The zero-order chi connectivity index (χ0) is 19.8. The van der Waals surface area contributed by atoms with Gasteiger partial charge in [-0.3, -0.25) is 0 Å². The molecule has 1 aromatic carbocycles. The number of nitrogens with two attached hydrogens (primary N) is 1. The van der Waals surface area contributed by atoms with Crippen molar-refractivity contribution in [3.8, 4) is 29.7 Å². The summed E-state index contributed by atoms with van der Waals surface area (Å²) < 4.78 is 10.5. The van der Waals surface area contributed by atoms with E-state index in [1.54, 1.807) is 14.2 Å². The second-order valence-corrected chi connectivity index (χ2v) is 5.57. The minimum atomic E-state index is -0.0744. The molecular weight excluding hydrogens is 344 g/mol. The molecule has 0 unspecified atom stereocenters. The Labute approximate surface area is 157 Å². The molecule has 0 amide bonds. The molecule has 0 saturated heterocycles. The molecule has 136 valence electrons. The Morgan fingerprint density at radius 1 is 1.07 bits per heavy atom. The first-order chi connectivity index (χ1) is 13.1. The highest BCUT2D eigenvalue weighted by Crippen LogP contribution is 2.28. The van der Waals surface area contributed by atoms with Crippen LogP contribution in [0.4, 0.5) is 11.6 Å². The number of aromatic amines is 1. The van der Waals surface area contributed by atoms with Gasteiger partial charge in [-0.15, -0.1) is 0 Å². The highest BCUT2D eigenvalue weighted by Gasteiger charge is 2.21. The summed E-state index contributed by atoms with van der Waals surface area (Å²) in [6.45, 7) is 0.498. The maximum atomic E-state index is 9.48. The Bertz CT molecular complexity index is 966. The van der Waals surface area contributed by atoms with E-state index in [1.165, 1.54) is 0 Å². The van der Waals surface area contributed by atoms with Crippen LogP contribution in [0.25, 0.3) is 0 Å². The number of methoxy groups -OCH3 is 2. The lowest BCUT2D eigenvalue weighted by Gasteiger charge is -2.11. The average molecular weight is 363 g/mol. The molecule has 0 aliphatic carbocycles. The van der Waals surface area contributed by atoms with Gasteiger partial charge in [0.25, 0.3) is 0 Å². The van der Waals surface area contributed by atoms with Crippen molar-refractivity contribution in [2.75, 3.05) is 31.8 Å². The molecule has 0 radical (unpaired) electrons. The SMILES string of the molecule is COc1ccc(CCNc2[nH+]c(N)c(C#N)c(CC#N)c2C#N)cc1OC. The normalized spacial score (nSPS) is 9.59. The highest BCUT2D eigenvalue weighted by atomic mass is 16.5. The average Bonchev–Trinajstić information content (AvgIpc) is 2.68. The van der Waals surface area contributed by atoms with Crippen LogP contribution < -0.4 is 25.5 Å². The molecule has 0 aliphatic heterocycles. The van der Waals surface area contributed by atoms with E-state index >= 15 is 0 Å². The second kappa shape index (κ2) is 8.94. The summed E-state index contributed by atoms with van der Waals surface area (Å²) in [5, 5.41) is 30.8. The fourth-order valence-electron chi connectivity index (χ4n) is 2.71. The fourth-order valence-corrected chi connectivity index (χ4v) is 2.71. The third kappa shape index (κ3) is 4.18. The molecule has 1 aromatic heterocycles. The van der Waals surface area contributed by atoms with Crippen molar-refractivity contribution in [3.63, 3.8) is 0 Å². The number of aromatic nitrogens is 1. The van der Waals surface area contributed by atoms with Crippen LogP contribution in [0.1, 0.15) is 22.3 Å². The monoisotopic (exact) mass is 363 g/mol. The molecule has 8 nitrogen and oxygen atoms in total. The number of anilines is 2. The third-order valence-corrected chi connectivity index (χ3v) is 4.03. The van der Waals surface area contributed by atoms with E-state index in [2.05, 4.69) is 10.3 Å². The molecule has 8 heteroatoms. The Balaban J connectivity index is 2.23. The molecule has 0 atom stereocenters. The van der Waals surface area contributed by atoms with Gasteiger partial charge in [0.2, 0.25) is 11.6 Å². The van der Waals surface area contributed by atoms with Crippen molar-refractivity contribution >= 4 is 11.6 Å². The number of benzene rings is 1. The van der Waals surface area contributed by atoms with Crippen LogP contribution in [-0.2, 0) is 12.8 Å². The predicted molar refractivity (Wildman–Crippen MR) is 97.9 cm³/mol. The zero-order valence-electron chi connectivity index (χ0n) is 15.1. The molecule has 4 N–H and O–H groups in total. The van der Waals surface area contributed by atoms with Gasteiger partial charge in [0.15, 0.2) is 11.5 Å². The molecule has 2 aromatic rings. The molecule has 0 bridgehead atoms. The Kier molecular flexibility index (Phi) is 6.41. The summed E-state index contributed by atoms with van der Waals surface area (Å²) in [4.78, 5) is 2.84. The van der Waals surface area contributed by atoms with Gasteiger partial charge in [-0.05, 0) is 17.7 Å². The van der Waals surface area contributed by atoms with E-state index in [9.17, 15) is 10.5 Å². The number of pyridine rings is 1. The van der Waals surface area contributed by atoms with Crippen LogP contribution in [0, 0.1) is 34.0 Å². The van der Waals surface area contributed by atoms with Crippen molar-refractivity contribution in [1.29, 1.82) is 15.8 Å². The highest BCUT2D eigenvalue weighted by molar-refractivity contribution is 5.63.